The zero-order valence-corrected chi connectivity index (χ0v) is 13.0. The van der Waals surface area contributed by atoms with Gasteiger partial charge in [0.25, 0.3) is 5.91 Å². The summed E-state index contributed by atoms with van der Waals surface area (Å²) in [4.78, 5) is 26.5. The van der Waals surface area contributed by atoms with Crippen molar-refractivity contribution in [3.63, 3.8) is 0 Å². The van der Waals surface area contributed by atoms with Crippen molar-refractivity contribution in [2.75, 3.05) is 11.4 Å². The van der Waals surface area contributed by atoms with Gasteiger partial charge < -0.3 is 10.6 Å². The third-order valence-corrected chi connectivity index (χ3v) is 4.47. The molecule has 0 saturated carbocycles. The van der Waals surface area contributed by atoms with Crippen molar-refractivity contribution < 1.29 is 4.79 Å². The molecule has 0 saturated heterocycles. The van der Waals surface area contributed by atoms with Crippen LogP contribution in [0.15, 0.2) is 41.3 Å². The molecule has 3 aromatic rings. The average molecular weight is 323 g/mol. The summed E-state index contributed by atoms with van der Waals surface area (Å²) in [7, 11) is 0. The average Bonchev–Trinajstić information content (AvgIpc) is 3.00. The standard InChI is InChI=1S/C17H17N5O2/c18-9-11-3-1-5-14-13(11)4-2-8-21(14)16(23)12-6-7-15-19-20-17(24)22(15)10-12/h1,3,5-7,10H,2,4,8-9,18H2,(H,20,24). The Kier molecular flexibility index (Phi) is 3.42. The quantitative estimate of drug-likeness (QED) is 0.737. The summed E-state index contributed by atoms with van der Waals surface area (Å²) in [6, 6.07) is 9.24. The van der Waals surface area contributed by atoms with E-state index in [1.807, 2.05) is 18.2 Å². The molecule has 3 N–H and O–H groups in total. The number of carbonyl (C=O) groups excluding carboxylic acids is 1. The molecule has 24 heavy (non-hydrogen) atoms. The topological polar surface area (TPSA) is 96.5 Å². The highest BCUT2D eigenvalue weighted by Crippen LogP contribution is 2.30. The van der Waals surface area contributed by atoms with E-state index < -0.39 is 0 Å². The molecular weight excluding hydrogens is 306 g/mol. The molecule has 2 aromatic heterocycles. The molecule has 0 unspecified atom stereocenters. The number of hydrogen-bond acceptors (Lipinski definition) is 4. The van der Waals surface area contributed by atoms with Crippen molar-refractivity contribution >= 4 is 17.2 Å². The van der Waals surface area contributed by atoms with Crippen LogP contribution >= 0.6 is 0 Å². The van der Waals surface area contributed by atoms with Gasteiger partial charge in [0.15, 0.2) is 5.65 Å². The van der Waals surface area contributed by atoms with Gasteiger partial charge in [0.1, 0.15) is 0 Å². The van der Waals surface area contributed by atoms with E-state index in [1.54, 1.807) is 17.0 Å². The zero-order chi connectivity index (χ0) is 16.7. The first-order valence-electron chi connectivity index (χ1n) is 7.88. The molecule has 4 rings (SSSR count). The lowest BCUT2D eigenvalue weighted by atomic mass is 9.96. The van der Waals surface area contributed by atoms with Gasteiger partial charge in [-0.3, -0.25) is 4.79 Å². The van der Waals surface area contributed by atoms with Crippen LogP contribution in [0.5, 0.6) is 0 Å². The van der Waals surface area contributed by atoms with E-state index in [4.69, 9.17) is 5.73 Å². The Bertz CT molecular complexity index is 988. The van der Waals surface area contributed by atoms with E-state index in [0.29, 0.717) is 24.3 Å². The Morgan fingerprint density at radius 1 is 1.29 bits per heavy atom. The maximum absolute atomic E-state index is 13.0. The fourth-order valence-electron chi connectivity index (χ4n) is 3.29. The Labute approximate surface area is 137 Å². The number of amides is 1. The largest absolute Gasteiger partial charge is 0.347 e. The number of rotatable bonds is 2. The summed E-state index contributed by atoms with van der Waals surface area (Å²) in [5.74, 6) is -0.125. The van der Waals surface area contributed by atoms with Crippen LogP contribution in [-0.4, -0.2) is 27.0 Å². The summed E-state index contributed by atoms with van der Waals surface area (Å²) in [6.07, 6.45) is 3.35. The van der Waals surface area contributed by atoms with Crippen LogP contribution in [0, 0.1) is 0 Å². The molecule has 0 radical (unpaired) electrons. The number of aromatic amines is 1. The van der Waals surface area contributed by atoms with Crippen molar-refractivity contribution in [1.82, 2.24) is 14.6 Å². The Balaban J connectivity index is 1.77. The third-order valence-electron chi connectivity index (χ3n) is 4.47. The van der Waals surface area contributed by atoms with Crippen molar-refractivity contribution in [2.45, 2.75) is 19.4 Å². The lowest BCUT2D eigenvalue weighted by Gasteiger charge is -2.31. The van der Waals surface area contributed by atoms with Gasteiger partial charge in [-0.25, -0.2) is 14.3 Å². The van der Waals surface area contributed by atoms with Crippen LogP contribution < -0.4 is 16.3 Å². The summed E-state index contributed by atoms with van der Waals surface area (Å²) < 4.78 is 1.34. The highest BCUT2D eigenvalue weighted by molar-refractivity contribution is 6.06. The Hall–Kier alpha value is -2.93. The molecule has 0 bridgehead atoms. The number of aromatic nitrogens is 3. The minimum absolute atomic E-state index is 0.125. The van der Waals surface area contributed by atoms with Crippen molar-refractivity contribution in [2.24, 2.45) is 5.73 Å². The van der Waals surface area contributed by atoms with Gasteiger partial charge in [-0.05, 0) is 42.2 Å². The van der Waals surface area contributed by atoms with Gasteiger partial charge in [-0.2, -0.15) is 5.10 Å². The first kappa shape index (κ1) is 14.6. The molecule has 3 heterocycles. The molecule has 122 valence electrons. The van der Waals surface area contributed by atoms with E-state index in [-0.39, 0.29) is 11.6 Å². The van der Waals surface area contributed by atoms with Gasteiger partial charge >= 0.3 is 5.69 Å². The van der Waals surface area contributed by atoms with Gasteiger partial charge in [0.2, 0.25) is 0 Å². The van der Waals surface area contributed by atoms with E-state index in [2.05, 4.69) is 10.2 Å². The van der Waals surface area contributed by atoms with Crippen LogP contribution in [0.1, 0.15) is 27.9 Å². The summed E-state index contributed by atoms with van der Waals surface area (Å²) >= 11 is 0. The maximum Gasteiger partial charge on any atom is 0.347 e. The second-order valence-electron chi connectivity index (χ2n) is 5.85. The number of nitrogens with one attached hydrogen (secondary N) is 1. The van der Waals surface area contributed by atoms with Crippen LogP contribution in [0.2, 0.25) is 0 Å². The number of anilines is 1. The lowest BCUT2D eigenvalue weighted by molar-refractivity contribution is 0.0984. The number of benzene rings is 1. The van der Waals surface area contributed by atoms with Crippen LogP contribution in [0.4, 0.5) is 5.69 Å². The van der Waals surface area contributed by atoms with Gasteiger partial charge in [0.05, 0.1) is 5.56 Å². The van der Waals surface area contributed by atoms with Crippen LogP contribution in [0.3, 0.4) is 0 Å². The fraction of sp³-hybridized carbons (Fsp3) is 0.235. The predicted molar refractivity (Wildman–Crippen MR) is 90.1 cm³/mol. The number of nitrogens with two attached hydrogens (primary N) is 1. The highest BCUT2D eigenvalue weighted by Gasteiger charge is 2.25. The Morgan fingerprint density at radius 2 is 2.17 bits per heavy atom. The summed E-state index contributed by atoms with van der Waals surface area (Å²) in [5.41, 5.74) is 9.53. The number of H-pyrrole nitrogens is 1. The van der Waals surface area contributed by atoms with Crippen molar-refractivity contribution in [1.29, 1.82) is 0 Å². The molecule has 7 heteroatoms. The van der Waals surface area contributed by atoms with Gasteiger partial charge in [-0.1, -0.05) is 12.1 Å². The third kappa shape index (κ3) is 2.21. The lowest BCUT2D eigenvalue weighted by Crippen LogP contribution is -2.36. The fourth-order valence-corrected chi connectivity index (χ4v) is 3.29. The summed E-state index contributed by atoms with van der Waals surface area (Å²) in [6.45, 7) is 1.11. The first-order valence-corrected chi connectivity index (χ1v) is 7.88. The van der Waals surface area contributed by atoms with Crippen LogP contribution in [-0.2, 0) is 13.0 Å². The van der Waals surface area contributed by atoms with Crippen molar-refractivity contribution in [3.05, 3.63) is 63.7 Å². The number of fused-ring (bicyclic) bond motifs is 2. The second kappa shape index (κ2) is 5.61. The predicted octanol–water partition coefficient (Wildman–Crippen LogP) is 1.07. The molecule has 1 aliphatic rings. The first-order chi connectivity index (χ1) is 11.7. The molecule has 7 nitrogen and oxygen atoms in total. The number of pyridine rings is 1. The molecule has 1 aliphatic heterocycles. The Morgan fingerprint density at radius 3 is 3.00 bits per heavy atom. The normalized spacial score (nSPS) is 14.0. The second-order valence-corrected chi connectivity index (χ2v) is 5.85. The molecule has 0 atom stereocenters. The molecular formula is C17H17N5O2. The zero-order valence-electron chi connectivity index (χ0n) is 13.0. The maximum atomic E-state index is 13.0. The molecule has 0 aliphatic carbocycles. The monoisotopic (exact) mass is 323 g/mol. The van der Waals surface area contributed by atoms with E-state index in [9.17, 15) is 9.59 Å². The van der Waals surface area contributed by atoms with Crippen LogP contribution in [0.25, 0.3) is 5.65 Å². The smallest absolute Gasteiger partial charge is 0.326 e. The number of nitrogens with zero attached hydrogens (tertiary/aromatic N) is 3. The molecule has 1 aromatic carbocycles. The SMILES string of the molecule is NCc1cccc2c1CCCN2C(=O)c1ccc2n[nH]c(=O)n2c1. The molecule has 0 fully saturated rings. The van der Waals surface area contributed by atoms with E-state index in [0.717, 1.165) is 29.7 Å². The van der Waals surface area contributed by atoms with Gasteiger partial charge in [-0.15, -0.1) is 0 Å². The summed E-state index contributed by atoms with van der Waals surface area (Å²) in [5, 5.41) is 6.25. The van der Waals surface area contributed by atoms with Gasteiger partial charge in [0, 0.05) is 25.0 Å². The number of carbonyl (C=O) groups is 1. The van der Waals surface area contributed by atoms with E-state index in [1.165, 1.54) is 10.6 Å². The van der Waals surface area contributed by atoms with E-state index >= 15 is 0 Å². The molecule has 1 amide bonds. The highest BCUT2D eigenvalue weighted by atomic mass is 16.2. The molecule has 0 spiro atoms. The van der Waals surface area contributed by atoms with Crippen molar-refractivity contribution in [3.8, 4) is 0 Å². The minimum Gasteiger partial charge on any atom is -0.326 e. The number of hydrogen-bond donors (Lipinski definition) is 2. The minimum atomic E-state index is -0.357.